The smallest absolute Gasteiger partial charge is 0.187 e. The summed E-state index contributed by atoms with van der Waals surface area (Å²) in [5.41, 5.74) is 6.57. The Morgan fingerprint density at radius 3 is 3.03 bits per heavy atom. The number of benzene rings is 1. The zero-order valence-corrected chi connectivity index (χ0v) is 18.6. The number of aryl methyl sites for hydroxylation is 1. The van der Waals surface area contributed by atoms with Crippen LogP contribution in [0.15, 0.2) is 53.1 Å². The summed E-state index contributed by atoms with van der Waals surface area (Å²) >= 11 is 1.58. The van der Waals surface area contributed by atoms with Gasteiger partial charge in [0.15, 0.2) is 5.13 Å². The lowest BCUT2D eigenvalue weighted by atomic mass is 9.90. The van der Waals surface area contributed by atoms with Crippen LogP contribution in [0.5, 0.6) is 5.75 Å². The van der Waals surface area contributed by atoms with Gasteiger partial charge in [0.1, 0.15) is 5.75 Å². The molecule has 1 atom stereocenters. The third kappa shape index (κ3) is 4.77. The van der Waals surface area contributed by atoms with Crippen LogP contribution >= 0.6 is 11.3 Å². The van der Waals surface area contributed by atoms with E-state index in [1.54, 1.807) is 11.3 Å². The summed E-state index contributed by atoms with van der Waals surface area (Å²) in [6.07, 6.45) is 8.15. The maximum atomic E-state index is 9.47. The average Bonchev–Trinajstić information content (AvgIpc) is 3.20. The second-order valence-electron chi connectivity index (χ2n) is 8.32. The lowest BCUT2D eigenvalue weighted by molar-refractivity contribution is 0.249. The minimum absolute atomic E-state index is 0.177. The average molecular weight is 424 g/mol. The highest BCUT2D eigenvalue weighted by molar-refractivity contribution is 7.13. The second kappa shape index (κ2) is 9.06. The zero-order chi connectivity index (χ0) is 21.1. The van der Waals surface area contributed by atoms with Gasteiger partial charge < -0.3 is 20.5 Å². The van der Waals surface area contributed by atoms with Crippen LogP contribution in [0.3, 0.4) is 0 Å². The minimum Gasteiger partial charge on any atom is -0.491 e. The molecule has 0 amide bonds. The van der Waals surface area contributed by atoms with Crippen LogP contribution in [-0.2, 0) is 0 Å². The van der Waals surface area contributed by atoms with Gasteiger partial charge in [-0.05, 0) is 49.0 Å². The van der Waals surface area contributed by atoms with Gasteiger partial charge in [-0.25, -0.2) is 4.98 Å². The van der Waals surface area contributed by atoms with E-state index in [0.717, 1.165) is 40.8 Å². The van der Waals surface area contributed by atoms with Gasteiger partial charge in [-0.15, -0.1) is 11.3 Å². The number of ether oxygens (including phenoxy) is 1. The number of nitrogens with one attached hydrogen (secondary N) is 2. The van der Waals surface area contributed by atoms with Crippen molar-refractivity contribution < 1.29 is 9.84 Å². The number of allylic oxidation sites excluding steroid dienone is 4. The summed E-state index contributed by atoms with van der Waals surface area (Å²) in [7, 11) is 0. The van der Waals surface area contributed by atoms with Crippen molar-refractivity contribution in [2.75, 3.05) is 18.5 Å². The number of nitrogens with zero attached hydrogens (tertiary/aromatic N) is 1. The van der Waals surface area contributed by atoms with E-state index in [0.29, 0.717) is 12.5 Å². The number of anilines is 2. The minimum atomic E-state index is 0.177. The van der Waals surface area contributed by atoms with Crippen LogP contribution in [0.25, 0.3) is 5.70 Å². The van der Waals surface area contributed by atoms with E-state index in [1.807, 2.05) is 6.07 Å². The highest BCUT2D eigenvalue weighted by Gasteiger charge is 2.21. The van der Waals surface area contributed by atoms with Crippen molar-refractivity contribution in [2.45, 2.75) is 33.6 Å². The maximum absolute atomic E-state index is 9.47. The molecule has 0 saturated carbocycles. The number of rotatable bonds is 7. The summed E-state index contributed by atoms with van der Waals surface area (Å²) in [5, 5.41) is 19.4. The van der Waals surface area contributed by atoms with Crippen molar-refractivity contribution in [1.29, 1.82) is 0 Å². The van der Waals surface area contributed by atoms with Crippen LogP contribution in [0.1, 0.15) is 37.9 Å². The molecule has 0 saturated heterocycles. The largest absolute Gasteiger partial charge is 0.491 e. The Morgan fingerprint density at radius 2 is 2.23 bits per heavy atom. The molecule has 3 N–H and O–H groups in total. The fraction of sp³-hybridized carbons (Fsp3) is 0.375. The molecule has 2 heterocycles. The molecule has 30 heavy (non-hydrogen) atoms. The molecular weight excluding hydrogens is 394 g/mol. The van der Waals surface area contributed by atoms with Crippen LogP contribution < -0.4 is 15.4 Å². The van der Waals surface area contributed by atoms with E-state index in [4.69, 9.17) is 9.72 Å². The number of thiazole rings is 1. The fourth-order valence-electron chi connectivity index (χ4n) is 3.55. The van der Waals surface area contributed by atoms with Crippen LogP contribution in [0, 0.1) is 18.8 Å². The Labute approximate surface area is 182 Å². The maximum Gasteiger partial charge on any atom is 0.187 e. The van der Waals surface area contributed by atoms with Crippen LogP contribution in [0.4, 0.5) is 10.8 Å². The molecule has 1 aliphatic carbocycles. The Bertz CT molecular complexity index is 1000. The Balaban J connectivity index is 1.47. The van der Waals surface area contributed by atoms with Gasteiger partial charge in [0.25, 0.3) is 0 Å². The molecule has 0 radical (unpaired) electrons. The van der Waals surface area contributed by atoms with Gasteiger partial charge in [0, 0.05) is 23.6 Å². The third-order valence-electron chi connectivity index (χ3n) is 5.20. The molecule has 1 aromatic carbocycles. The first-order valence-electron chi connectivity index (χ1n) is 10.5. The topological polar surface area (TPSA) is 66.4 Å². The summed E-state index contributed by atoms with van der Waals surface area (Å²) in [5.74, 6) is 1.50. The predicted molar refractivity (Wildman–Crippen MR) is 124 cm³/mol. The second-order valence-corrected chi connectivity index (χ2v) is 9.18. The summed E-state index contributed by atoms with van der Waals surface area (Å²) in [4.78, 5) is 4.80. The molecule has 4 rings (SSSR count). The molecule has 0 bridgehead atoms. The molecule has 0 fully saturated rings. The van der Waals surface area contributed by atoms with Gasteiger partial charge >= 0.3 is 0 Å². The fourth-order valence-corrected chi connectivity index (χ4v) is 4.27. The van der Waals surface area contributed by atoms with E-state index >= 15 is 0 Å². The molecule has 158 valence electrons. The Kier molecular flexibility index (Phi) is 6.25. The molecule has 2 aromatic rings. The van der Waals surface area contributed by atoms with Gasteiger partial charge in [0.2, 0.25) is 0 Å². The highest BCUT2D eigenvalue weighted by Crippen LogP contribution is 2.34. The summed E-state index contributed by atoms with van der Waals surface area (Å²) < 4.78 is 5.99. The quantitative estimate of drug-likeness (QED) is 0.557. The molecule has 1 unspecified atom stereocenters. The lowest BCUT2D eigenvalue weighted by Gasteiger charge is -2.26. The monoisotopic (exact) mass is 423 g/mol. The molecule has 1 aromatic heterocycles. The van der Waals surface area contributed by atoms with E-state index in [1.165, 1.54) is 16.8 Å². The Hall–Kier alpha value is -2.57. The zero-order valence-electron chi connectivity index (χ0n) is 17.7. The van der Waals surface area contributed by atoms with Crippen LogP contribution in [0.2, 0.25) is 0 Å². The van der Waals surface area contributed by atoms with Gasteiger partial charge in [0.05, 0.1) is 23.7 Å². The Morgan fingerprint density at radius 1 is 1.37 bits per heavy atom. The van der Waals surface area contributed by atoms with Crippen molar-refractivity contribution in [3.8, 4) is 5.75 Å². The number of aromatic nitrogens is 1. The molecular formula is C24H29N3O2S. The van der Waals surface area contributed by atoms with E-state index in [-0.39, 0.29) is 12.5 Å². The number of hydrogen-bond acceptors (Lipinski definition) is 6. The standard InChI is InChI=1S/C24H29N3O2S/c1-15(2)13-29-23-9-4-16(3)10-21(23)26-24-27-22(14-30-24)19-8-7-18-6-5-17(12-28)11-20(18)25-19/h4-6,8-10,14-15,17,25,28H,7,11-13H2,1-3H3,(H,26,27). The first kappa shape index (κ1) is 20.7. The van der Waals surface area contributed by atoms with Gasteiger partial charge in [-0.1, -0.05) is 38.1 Å². The first-order valence-corrected chi connectivity index (χ1v) is 11.3. The number of dihydropyridines is 1. The number of aliphatic hydroxyl groups excluding tert-OH is 1. The molecule has 2 aliphatic rings. The highest BCUT2D eigenvalue weighted by atomic mass is 32.1. The van der Waals surface area contributed by atoms with Gasteiger partial charge in [-0.3, -0.25) is 0 Å². The van der Waals surface area contributed by atoms with Gasteiger partial charge in [-0.2, -0.15) is 0 Å². The first-order chi connectivity index (χ1) is 14.5. The molecule has 6 heteroatoms. The van der Waals surface area contributed by atoms with Crippen molar-refractivity contribution in [1.82, 2.24) is 10.3 Å². The predicted octanol–water partition coefficient (Wildman–Crippen LogP) is 5.39. The van der Waals surface area contributed by atoms with E-state index in [2.05, 4.69) is 67.1 Å². The van der Waals surface area contributed by atoms with Crippen LogP contribution in [-0.4, -0.2) is 23.3 Å². The van der Waals surface area contributed by atoms with Crippen molar-refractivity contribution in [3.63, 3.8) is 0 Å². The van der Waals surface area contributed by atoms with E-state index in [9.17, 15) is 5.11 Å². The SMILES string of the molecule is Cc1ccc(OCC(C)C)c(Nc2nc(C3=CCC4=C(CC(CO)C=C4)N3)cs2)c1. The summed E-state index contributed by atoms with van der Waals surface area (Å²) in [6, 6.07) is 6.17. The summed E-state index contributed by atoms with van der Waals surface area (Å²) in [6.45, 7) is 7.22. The van der Waals surface area contributed by atoms with Crippen molar-refractivity contribution in [2.24, 2.45) is 11.8 Å². The lowest BCUT2D eigenvalue weighted by Crippen LogP contribution is -2.23. The van der Waals surface area contributed by atoms with Crippen molar-refractivity contribution in [3.05, 3.63) is 64.3 Å². The molecule has 0 spiro atoms. The normalized spacial score (nSPS) is 18.2. The molecule has 5 nitrogen and oxygen atoms in total. The molecule has 1 aliphatic heterocycles. The van der Waals surface area contributed by atoms with Crippen molar-refractivity contribution >= 4 is 27.9 Å². The third-order valence-corrected chi connectivity index (χ3v) is 5.96. The van der Waals surface area contributed by atoms with E-state index < -0.39 is 0 Å². The number of hydrogen-bond donors (Lipinski definition) is 3. The number of aliphatic hydroxyl groups is 1.